The molecule has 0 heterocycles. The molecule has 0 aliphatic rings. The zero-order valence-corrected chi connectivity index (χ0v) is 11.4. The van der Waals surface area contributed by atoms with Gasteiger partial charge in [-0.15, -0.1) is 0 Å². The Labute approximate surface area is 116 Å². The molecule has 0 spiro atoms. The molecule has 0 saturated carbocycles. The van der Waals surface area contributed by atoms with Crippen LogP contribution in [0.5, 0.6) is 0 Å². The number of aryl methyl sites for hydroxylation is 1. The number of hydrogen-bond acceptors (Lipinski definition) is 1. The average Bonchev–Trinajstić information content (AvgIpc) is 2.37. The highest BCUT2D eigenvalue weighted by Crippen LogP contribution is 2.21. The molecule has 0 aliphatic carbocycles. The molecule has 2 rings (SSSR count). The standard InChI is InChI=1S/C14H8BrF3O/c1-7-2-3-8(4-10(7)15)14(19)9-5-11(16)13(18)12(17)6-9/h2-6H,1H3. The summed E-state index contributed by atoms with van der Waals surface area (Å²) in [6.07, 6.45) is 0. The van der Waals surface area contributed by atoms with E-state index in [0.29, 0.717) is 16.6 Å². The van der Waals surface area contributed by atoms with Gasteiger partial charge >= 0.3 is 0 Å². The van der Waals surface area contributed by atoms with Crippen molar-refractivity contribution >= 4 is 21.7 Å². The van der Waals surface area contributed by atoms with Gasteiger partial charge in [0.15, 0.2) is 23.2 Å². The van der Waals surface area contributed by atoms with E-state index < -0.39 is 23.2 Å². The Morgan fingerprint density at radius 3 is 2.11 bits per heavy atom. The predicted octanol–water partition coefficient (Wildman–Crippen LogP) is 4.41. The summed E-state index contributed by atoms with van der Waals surface area (Å²) < 4.78 is 39.7. The van der Waals surface area contributed by atoms with E-state index in [-0.39, 0.29) is 11.1 Å². The molecule has 2 aromatic rings. The summed E-state index contributed by atoms with van der Waals surface area (Å²) in [6, 6.07) is 6.18. The van der Waals surface area contributed by atoms with Crippen molar-refractivity contribution < 1.29 is 18.0 Å². The molecule has 0 fully saturated rings. The van der Waals surface area contributed by atoms with Crippen molar-refractivity contribution in [1.82, 2.24) is 0 Å². The minimum Gasteiger partial charge on any atom is -0.289 e. The maximum absolute atomic E-state index is 13.1. The molecule has 0 aromatic heterocycles. The number of ketones is 1. The molecule has 2 aromatic carbocycles. The van der Waals surface area contributed by atoms with Crippen LogP contribution in [0.15, 0.2) is 34.8 Å². The van der Waals surface area contributed by atoms with Crippen molar-refractivity contribution in [2.75, 3.05) is 0 Å². The van der Waals surface area contributed by atoms with Crippen molar-refractivity contribution in [2.24, 2.45) is 0 Å². The van der Waals surface area contributed by atoms with E-state index in [1.54, 1.807) is 18.2 Å². The third-order valence-electron chi connectivity index (χ3n) is 2.68. The van der Waals surface area contributed by atoms with Crippen LogP contribution in [0.3, 0.4) is 0 Å². The zero-order valence-electron chi connectivity index (χ0n) is 9.81. The number of benzene rings is 2. The molecular formula is C14H8BrF3O. The lowest BCUT2D eigenvalue weighted by Gasteiger charge is -2.05. The summed E-state index contributed by atoms with van der Waals surface area (Å²) >= 11 is 3.27. The Kier molecular flexibility index (Phi) is 3.75. The van der Waals surface area contributed by atoms with Crippen molar-refractivity contribution in [3.05, 3.63) is 68.9 Å². The molecule has 19 heavy (non-hydrogen) atoms. The lowest BCUT2D eigenvalue weighted by atomic mass is 10.0. The van der Waals surface area contributed by atoms with Crippen LogP contribution in [0, 0.1) is 24.4 Å². The Hall–Kier alpha value is -1.62. The predicted molar refractivity (Wildman–Crippen MR) is 68.6 cm³/mol. The van der Waals surface area contributed by atoms with Crippen LogP contribution >= 0.6 is 15.9 Å². The van der Waals surface area contributed by atoms with Gasteiger partial charge in [0, 0.05) is 15.6 Å². The van der Waals surface area contributed by atoms with Crippen molar-refractivity contribution in [1.29, 1.82) is 0 Å². The molecule has 0 bridgehead atoms. The van der Waals surface area contributed by atoms with Gasteiger partial charge in [0.25, 0.3) is 0 Å². The van der Waals surface area contributed by atoms with Crippen molar-refractivity contribution in [3.8, 4) is 0 Å². The minimum atomic E-state index is -1.58. The molecule has 0 aliphatic heterocycles. The Morgan fingerprint density at radius 2 is 1.58 bits per heavy atom. The highest BCUT2D eigenvalue weighted by atomic mass is 79.9. The molecule has 0 unspecified atom stereocenters. The summed E-state index contributed by atoms with van der Waals surface area (Å²) in [5.74, 6) is -4.91. The second-order valence-electron chi connectivity index (χ2n) is 4.05. The van der Waals surface area contributed by atoms with E-state index in [4.69, 9.17) is 0 Å². The van der Waals surface area contributed by atoms with E-state index in [1.807, 2.05) is 6.92 Å². The first-order chi connectivity index (χ1) is 8.90. The Balaban J connectivity index is 2.47. The number of carbonyl (C=O) groups excluding carboxylic acids is 1. The SMILES string of the molecule is Cc1ccc(C(=O)c2cc(F)c(F)c(F)c2)cc1Br. The van der Waals surface area contributed by atoms with Crippen LogP contribution < -0.4 is 0 Å². The smallest absolute Gasteiger partial charge is 0.194 e. The summed E-state index contributed by atoms with van der Waals surface area (Å²) in [5.41, 5.74) is 0.961. The van der Waals surface area contributed by atoms with E-state index in [2.05, 4.69) is 15.9 Å². The van der Waals surface area contributed by atoms with Gasteiger partial charge in [0.2, 0.25) is 0 Å². The van der Waals surface area contributed by atoms with E-state index >= 15 is 0 Å². The fraction of sp³-hybridized carbons (Fsp3) is 0.0714. The molecular weight excluding hydrogens is 321 g/mol. The molecule has 0 amide bonds. The maximum Gasteiger partial charge on any atom is 0.194 e. The summed E-state index contributed by atoms with van der Waals surface area (Å²) in [6.45, 7) is 1.84. The first-order valence-corrected chi connectivity index (χ1v) is 6.15. The van der Waals surface area contributed by atoms with Crippen molar-refractivity contribution in [2.45, 2.75) is 6.92 Å². The molecule has 0 radical (unpaired) electrons. The Bertz CT molecular complexity index is 645. The fourth-order valence-corrected chi connectivity index (χ4v) is 1.97. The third-order valence-corrected chi connectivity index (χ3v) is 3.53. The highest BCUT2D eigenvalue weighted by molar-refractivity contribution is 9.10. The molecule has 0 atom stereocenters. The topological polar surface area (TPSA) is 17.1 Å². The lowest BCUT2D eigenvalue weighted by Crippen LogP contribution is -2.04. The van der Waals surface area contributed by atoms with Gasteiger partial charge < -0.3 is 0 Å². The fourth-order valence-electron chi connectivity index (χ4n) is 1.59. The van der Waals surface area contributed by atoms with Crippen molar-refractivity contribution in [3.63, 3.8) is 0 Å². The van der Waals surface area contributed by atoms with Gasteiger partial charge in [0.1, 0.15) is 0 Å². The Morgan fingerprint density at radius 1 is 1.00 bits per heavy atom. The second kappa shape index (κ2) is 5.17. The van der Waals surface area contributed by atoms with E-state index in [9.17, 15) is 18.0 Å². The third kappa shape index (κ3) is 2.71. The summed E-state index contributed by atoms with van der Waals surface area (Å²) in [7, 11) is 0. The largest absolute Gasteiger partial charge is 0.289 e. The second-order valence-corrected chi connectivity index (χ2v) is 4.90. The van der Waals surface area contributed by atoms with Gasteiger partial charge in [-0.2, -0.15) is 0 Å². The minimum absolute atomic E-state index is 0.229. The maximum atomic E-state index is 13.1. The van der Waals surface area contributed by atoms with Gasteiger partial charge in [-0.25, -0.2) is 13.2 Å². The molecule has 5 heteroatoms. The van der Waals surface area contributed by atoms with Crippen LogP contribution in [0.25, 0.3) is 0 Å². The molecule has 0 N–H and O–H groups in total. The van der Waals surface area contributed by atoms with Gasteiger partial charge in [-0.3, -0.25) is 4.79 Å². The number of hydrogen-bond donors (Lipinski definition) is 0. The summed E-state index contributed by atoms with van der Waals surface area (Å²) in [4.78, 5) is 12.0. The first-order valence-electron chi connectivity index (χ1n) is 5.35. The van der Waals surface area contributed by atoms with Gasteiger partial charge in [0.05, 0.1) is 0 Å². The van der Waals surface area contributed by atoms with E-state index in [0.717, 1.165) is 5.56 Å². The van der Waals surface area contributed by atoms with Crippen LogP contribution in [0.4, 0.5) is 13.2 Å². The number of halogens is 4. The number of carbonyl (C=O) groups is 1. The molecule has 1 nitrogen and oxygen atoms in total. The first kappa shape index (κ1) is 13.8. The normalized spacial score (nSPS) is 10.6. The van der Waals surface area contributed by atoms with E-state index in [1.165, 1.54) is 0 Å². The van der Waals surface area contributed by atoms with Crippen LogP contribution in [0.1, 0.15) is 21.5 Å². The van der Waals surface area contributed by atoms with Crippen LogP contribution in [0.2, 0.25) is 0 Å². The number of rotatable bonds is 2. The molecule has 0 saturated heterocycles. The highest BCUT2D eigenvalue weighted by Gasteiger charge is 2.16. The summed E-state index contributed by atoms with van der Waals surface area (Å²) in [5, 5.41) is 0. The van der Waals surface area contributed by atoms with Gasteiger partial charge in [-0.05, 0) is 30.7 Å². The van der Waals surface area contributed by atoms with Crippen LogP contribution in [-0.2, 0) is 0 Å². The van der Waals surface area contributed by atoms with Gasteiger partial charge in [-0.1, -0.05) is 28.1 Å². The lowest BCUT2D eigenvalue weighted by molar-refractivity contribution is 0.103. The monoisotopic (exact) mass is 328 g/mol. The zero-order chi connectivity index (χ0) is 14.2. The quantitative estimate of drug-likeness (QED) is 0.589. The average molecular weight is 329 g/mol. The van der Waals surface area contributed by atoms with Crippen LogP contribution in [-0.4, -0.2) is 5.78 Å². The molecule has 98 valence electrons.